The molecule has 3 nitrogen and oxygen atoms in total. The Hall–Kier alpha value is -1.78. The van der Waals surface area contributed by atoms with Gasteiger partial charge in [-0.2, -0.15) is 0 Å². The maximum atomic E-state index is 6.08. The highest BCUT2D eigenvalue weighted by Crippen LogP contribution is 2.40. The average Bonchev–Trinajstić information content (AvgIpc) is 2.87. The Balaban J connectivity index is 1.70. The second kappa shape index (κ2) is 7.63. The quantitative estimate of drug-likeness (QED) is 0.565. The maximum absolute atomic E-state index is 6.08. The molecule has 0 spiro atoms. The molecule has 0 fully saturated rings. The third-order valence-corrected chi connectivity index (χ3v) is 6.12. The van der Waals surface area contributed by atoms with E-state index in [0.29, 0.717) is 0 Å². The lowest BCUT2D eigenvalue weighted by atomic mass is 10.0. The van der Waals surface area contributed by atoms with Gasteiger partial charge < -0.3 is 4.57 Å². The van der Waals surface area contributed by atoms with Crippen LogP contribution in [0.15, 0.2) is 59.8 Å². The Bertz CT molecular complexity index is 830. The predicted molar refractivity (Wildman–Crippen MR) is 103 cm³/mol. The molecule has 1 atom stereocenters. The van der Waals surface area contributed by atoms with Crippen molar-refractivity contribution in [3.05, 3.63) is 76.6 Å². The van der Waals surface area contributed by atoms with Gasteiger partial charge in [-0.05, 0) is 36.1 Å². The van der Waals surface area contributed by atoms with Gasteiger partial charge in [0.1, 0.15) is 5.82 Å². The fourth-order valence-electron chi connectivity index (χ4n) is 3.24. The first-order valence-corrected chi connectivity index (χ1v) is 9.96. The van der Waals surface area contributed by atoms with E-state index < -0.39 is 0 Å². The number of fused-ring (bicyclic) bond motifs is 1. The van der Waals surface area contributed by atoms with E-state index in [1.165, 1.54) is 30.4 Å². The third kappa shape index (κ3) is 3.75. The van der Waals surface area contributed by atoms with Crippen molar-refractivity contribution in [1.82, 2.24) is 14.8 Å². The Morgan fingerprint density at radius 1 is 0.880 bits per heavy atom. The number of aromatic nitrogens is 3. The molecular weight excluding hydrogens is 350 g/mol. The zero-order chi connectivity index (χ0) is 17.1. The molecule has 0 amide bonds. The summed E-state index contributed by atoms with van der Waals surface area (Å²) in [5.74, 6) is 1.13. The summed E-state index contributed by atoms with van der Waals surface area (Å²) in [6.07, 6.45) is 4.72. The lowest BCUT2D eigenvalue weighted by Gasteiger charge is -2.18. The molecule has 1 aromatic heterocycles. The molecule has 0 aliphatic carbocycles. The Kier molecular flexibility index (Phi) is 5.09. The first-order valence-electron chi connectivity index (χ1n) is 8.70. The Labute approximate surface area is 157 Å². The molecule has 0 saturated heterocycles. The van der Waals surface area contributed by atoms with E-state index in [-0.39, 0.29) is 5.25 Å². The molecule has 0 saturated carbocycles. The van der Waals surface area contributed by atoms with Crippen LogP contribution in [0, 0.1) is 0 Å². The van der Waals surface area contributed by atoms with Crippen molar-refractivity contribution >= 4 is 23.4 Å². The largest absolute Gasteiger partial charge is 0.306 e. The van der Waals surface area contributed by atoms with Crippen molar-refractivity contribution in [1.29, 1.82) is 0 Å². The SMILES string of the molecule is Clc1ccc([C@H](Sc2nnc3n2CCCCC3)c2ccccc2)cc1. The standard InChI is InChI=1S/C20H20ClN3S/c21-17-12-10-16(11-13-17)19(15-7-3-1-4-8-15)25-20-23-22-18-9-5-2-6-14-24(18)20/h1,3-4,7-8,10-13,19H,2,5-6,9,14H2/t19-/m1/s1. The van der Waals surface area contributed by atoms with Crippen LogP contribution in [0.3, 0.4) is 0 Å². The van der Waals surface area contributed by atoms with Crippen LogP contribution in [-0.2, 0) is 13.0 Å². The summed E-state index contributed by atoms with van der Waals surface area (Å²) in [6, 6.07) is 18.7. The second-order valence-corrected chi connectivity index (χ2v) is 7.83. The maximum Gasteiger partial charge on any atom is 0.192 e. The van der Waals surface area contributed by atoms with Gasteiger partial charge in [0.2, 0.25) is 0 Å². The summed E-state index contributed by atoms with van der Waals surface area (Å²) in [6.45, 7) is 1.02. The molecule has 0 N–H and O–H groups in total. The first kappa shape index (κ1) is 16.7. The summed E-state index contributed by atoms with van der Waals surface area (Å²) < 4.78 is 2.31. The highest BCUT2D eigenvalue weighted by Gasteiger charge is 2.21. The molecule has 5 heteroatoms. The fraction of sp³-hybridized carbons (Fsp3) is 0.300. The topological polar surface area (TPSA) is 30.7 Å². The molecule has 2 heterocycles. The zero-order valence-electron chi connectivity index (χ0n) is 13.9. The molecule has 128 valence electrons. The molecule has 4 rings (SSSR count). The number of thioether (sulfide) groups is 1. The number of aryl methyl sites for hydroxylation is 1. The van der Waals surface area contributed by atoms with Crippen LogP contribution in [0.4, 0.5) is 0 Å². The van der Waals surface area contributed by atoms with Gasteiger partial charge in [0.15, 0.2) is 5.16 Å². The third-order valence-electron chi connectivity index (χ3n) is 4.57. The predicted octanol–water partition coefficient (Wildman–Crippen LogP) is 5.54. The molecular formula is C20H20ClN3S. The molecule has 3 aromatic rings. The van der Waals surface area contributed by atoms with E-state index in [1.807, 2.05) is 12.1 Å². The summed E-state index contributed by atoms with van der Waals surface area (Å²) in [5.41, 5.74) is 2.49. The van der Waals surface area contributed by atoms with E-state index in [4.69, 9.17) is 11.6 Å². The van der Waals surface area contributed by atoms with Crippen LogP contribution < -0.4 is 0 Å². The fourth-order valence-corrected chi connectivity index (χ4v) is 4.58. The van der Waals surface area contributed by atoms with Gasteiger partial charge >= 0.3 is 0 Å². The van der Waals surface area contributed by atoms with Crippen LogP contribution in [0.25, 0.3) is 0 Å². The minimum atomic E-state index is 0.176. The van der Waals surface area contributed by atoms with Gasteiger partial charge in [-0.25, -0.2) is 0 Å². The summed E-state index contributed by atoms with van der Waals surface area (Å²) in [5, 5.41) is 10.9. The van der Waals surface area contributed by atoms with Crippen molar-refractivity contribution < 1.29 is 0 Å². The van der Waals surface area contributed by atoms with Crippen molar-refractivity contribution in [3.8, 4) is 0 Å². The van der Waals surface area contributed by atoms with E-state index in [1.54, 1.807) is 11.8 Å². The Morgan fingerprint density at radius 2 is 1.64 bits per heavy atom. The van der Waals surface area contributed by atoms with Gasteiger partial charge in [0.05, 0.1) is 5.25 Å². The zero-order valence-corrected chi connectivity index (χ0v) is 15.5. The van der Waals surface area contributed by atoms with Crippen LogP contribution in [-0.4, -0.2) is 14.8 Å². The Morgan fingerprint density at radius 3 is 2.44 bits per heavy atom. The molecule has 0 radical (unpaired) electrons. The number of hydrogen-bond donors (Lipinski definition) is 0. The minimum Gasteiger partial charge on any atom is -0.306 e. The van der Waals surface area contributed by atoms with E-state index in [2.05, 4.69) is 57.2 Å². The van der Waals surface area contributed by atoms with Crippen LogP contribution in [0.1, 0.15) is 41.5 Å². The molecule has 1 aliphatic heterocycles. The molecule has 2 aromatic carbocycles. The number of hydrogen-bond acceptors (Lipinski definition) is 3. The minimum absolute atomic E-state index is 0.176. The van der Waals surface area contributed by atoms with Crippen LogP contribution in [0.2, 0.25) is 5.02 Å². The number of benzene rings is 2. The smallest absolute Gasteiger partial charge is 0.192 e. The molecule has 25 heavy (non-hydrogen) atoms. The number of halogens is 1. The number of rotatable bonds is 4. The van der Waals surface area contributed by atoms with Crippen molar-refractivity contribution in [2.75, 3.05) is 0 Å². The van der Waals surface area contributed by atoms with Gasteiger partial charge in [-0.15, -0.1) is 10.2 Å². The highest BCUT2D eigenvalue weighted by atomic mass is 35.5. The van der Waals surface area contributed by atoms with Crippen molar-refractivity contribution in [3.63, 3.8) is 0 Å². The molecule has 0 bridgehead atoms. The van der Waals surface area contributed by atoms with Crippen LogP contribution in [0.5, 0.6) is 0 Å². The van der Waals surface area contributed by atoms with Crippen molar-refractivity contribution in [2.45, 2.75) is 42.6 Å². The number of nitrogens with zero attached hydrogens (tertiary/aromatic N) is 3. The monoisotopic (exact) mass is 369 g/mol. The summed E-state index contributed by atoms with van der Waals surface area (Å²) in [4.78, 5) is 0. The normalized spacial score (nSPS) is 15.4. The lowest BCUT2D eigenvalue weighted by Crippen LogP contribution is -2.04. The first-order chi connectivity index (χ1) is 12.3. The second-order valence-electron chi connectivity index (χ2n) is 6.32. The van der Waals surface area contributed by atoms with Gasteiger partial charge in [-0.1, -0.05) is 72.2 Å². The van der Waals surface area contributed by atoms with Crippen LogP contribution >= 0.6 is 23.4 Å². The molecule has 1 aliphatic rings. The summed E-state index contributed by atoms with van der Waals surface area (Å²) >= 11 is 7.86. The average molecular weight is 370 g/mol. The van der Waals surface area contributed by atoms with Gasteiger partial charge in [-0.3, -0.25) is 0 Å². The lowest BCUT2D eigenvalue weighted by molar-refractivity contribution is 0.590. The van der Waals surface area contributed by atoms with Crippen molar-refractivity contribution in [2.24, 2.45) is 0 Å². The summed E-state index contributed by atoms with van der Waals surface area (Å²) in [7, 11) is 0. The molecule has 0 unspecified atom stereocenters. The van der Waals surface area contributed by atoms with E-state index in [0.717, 1.165) is 29.0 Å². The van der Waals surface area contributed by atoms with Gasteiger partial charge in [0, 0.05) is 18.0 Å². The highest BCUT2D eigenvalue weighted by molar-refractivity contribution is 7.99. The van der Waals surface area contributed by atoms with E-state index >= 15 is 0 Å². The van der Waals surface area contributed by atoms with E-state index in [9.17, 15) is 0 Å². The van der Waals surface area contributed by atoms with Gasteiger partial charge in [0.25, 0.3) is 0 Å².